The van der Waals surface area contributed by atoms with Crippen molar-refractivity contribution in [3.8, 4) is 0 Å². The van der Waals surface area contributed by atoms with Gasteiger partial charge in [0.1, 0.15) is 0 Å². The molecule has 0 aliphatic carbocycles. The minimum absolute atomic E-state index is 0.194. The molecule has 0 saturated carbocycles. The molecule has 0 aromatic heterocycles. The highest BCUT2D eigenvalue weighted by atomic mass is 79.9. The van der Waals surface area contributed by atoms with Gasteiger partial charge in [-0.2, -0.15) is 0 Å². The van der Waals surface area contributed by atoms with E-state index in [0.717, 1.165) is 37.3 Å². The molecule has 3 unspecified atom stereocenters. The van der Waals surface area contributed by atoms with E-state index >= 15 is 0 Å². The normalized spacial score (nSPS) is 17.6. The quantitative estimate of drug-likeness (QED) is 0.0871. The van der Waals surface area contributed by atoms with E-state index in [4.69, 9.17) is 23.2 Å². The Hall–Kier alpha value is 2.39. The third kappa shape index (κ3) is 17.7. The average Bonchev–Trinajstić information content (AvgIpc) is 2.60. The second-order valence-corrected chi connectivity index (χ2v) is 22.2. The largest absolute Gasteiger partial charge is 0.251 e. The maximum absolute atomic E-state index is 12.5. The summed E-state index contributed by atoms with van der Waals surface area (Å²) in [5.41, 5.74) is 0. The summed E-state index contributed by atoms with van der Waals surface area (Å²) in [5, 5.41) is 0.231. The number of halogens is 4. The maximum Gasteiger partial charge on any atom is 0.0894 e. The van der Waals surface area contributed by atoms with E-state index in [1.54, 1.807) is 0 Å². The van der Waals surface area contributed by atoms with Crippen LogP contribution in [0.25, 0.3) is 0 Å². The summed E-state index contributed by atoms with van der Waals surface area (Å²) in [6.07, 6.45) is 7.32. The molecular weight excluding hydrogens is 526 g/mol. The van der Waals surface area contributed by atoms with Crippen molar-refractivity contribution in [1.82, 2.24) is 0 Å². The smallest absolute Gasteiger partial charge is 0.0894 e. The van der Waals surface area contributed by atoms with Crippen molar-refractivity contribution in [2.24, 2.45) is 5.92 Å². The standard InChI is InChI=1S/C19H38BrCl2FS4/c1-17(2)16-26-27(25-13-8-6-11-23,24-12-7-4-5-10-21)14-9-19(22)15-18(3)20/h17-19H,4-16H2,1-3H3. The fraction of sp³-hybridized carbons (Fsp3) is 1.00. The number of hydrogen-bond acceptors (Lipinski definition) is 3. The lowest BCUT2D eigenvalue weighted by molar-refractivity contribution is 0.470. The van der Waals surface area contributed by atoms with Gasteiger partial charge in [0.25, 0.3) is 0 Å². The molecule has 0 spiro atoms. The molecule has 166 valence electrons. The lowest BCUT2D eigenvalue weighted by Crippen LogP contribution is -2.10. The third-order valence-electron chi connectivity index (χ3n) is 3.67. The lowest BCUT2D eigenvalue weighted by Gasteiger charge is -2.38. The zero-order valence-electron chi connectivity index (χ0n) is 17.1. The first-order chi connectivity index (χ1) is 12.8. The Labute approximate surface area is 199 Å². The Balaban J connectivity index is 4.87. The van der Waals surface area contributed by atoms with Gasteiger partial charge in [-0.1, -0.05) is 82.6 Å². The number of alkyl halides is 4. The number of hydrogen-bond donors (Lipinski definition) is 0. The van der Waals surface area contributed by atoms with Crippen molar-refractivity contribution < 1.29 is 4.39 Å². The van der Waals surface area contributed by atoms with E-state index in [9.17, 15) is 4.39 Å². The van der Waals surface area contributed by atoms with Crippen molar-refractivity contribution in [1.29, 1.82) is 0 Å². The molecule has 0 fully saturated rings. The minimum Gasteiger partial charge on any atom is -0.251 e. The molecule has 0 aromatic rings. The molecule has 0 saturated heterocycles. The van der Waals surface area contributed by atoms with Gasteiger partial charge >= 0.3 is 0 Å². The predicted octanol–water partition coefficient (Wildman–Crippen LogP) is 9.72. The Morgan fingerprint density at radius 2 is 1.59 bits per heavy atom. The van der Waals surface area contributed by atoms with Crippen LogP contribution in [0.1, 0.15) is 65.7 Å². The number of unbranched alkanes of at least 4 members (excludes halogenated alkanes) is 3. The van der Waals surface area contributed by atoms with Crippen LogP contribution in [0.5, 0.6) is 0 Å². The van der Waals surface area contributed by atoms with Crippen LogP contribution < -0.4 is 0 Å². The molecular formula is C19H38BrCl2FS4. The van der Waals surface area contributed by atoms with E-state index in [0.29, 0.717) is 17.2 Å². The van der Waals surface area contributed by atoms with Gasteiger partial charge in [0, 0.05) is 39.1 Å². The van der Waals surface area contributed by atoms with Gasteiger partial charge in [-0.05, 0) is 44.4 Å². The molecule has 0 rings (SSSR count). The monoisotopic (exact) mass is 562 g/mol. The van der Waals surface area contributed by atoms with Gasteiger partial charge in [0.2, 0.25) is 0 Å². The second kappa shape index (κ2) is 19.1. The van der Waals surface area contributed by atoms with Gasteiger partial charge in [0.15, 0.2) is 0 Å². The summed E-state index contributed by atoms with van der Waals surface area (Å²) in [6.45, 7) is 6.57. The van der Waals surface area contributed by atoms with Crippen LogP contribution in [0, 0.1) is 5.92 Å². The van der Waals surface area contributed by atoms with E-state index in [1.165, 1.54) is 30.1 Å². The van der Waals surface area contributed by atoms with E-state index < -0.39 is 7.12 Å². The van der Waals surface area contributed by atoms with Crippen LogP contribution >= 0.6 is 78.6 Å². The van der Waals surface area contributed by atoms with Crippen molar-refractivity contribution in [2.45, 2.75) is 75.9 Å². The molecule has 0 aromatic carbocycles. The van der Waals surface area contributed by atoms with Gasteiger partial charge in [-0.15, -0.1) is 23.2 Å². The molecule has 27 heavy (non-hydrogen) atoms. The summed E-state index contributed by atoms with van der Waals surface area (Å²) in [4.78, 5) is 0.466. The van der Waals surface area contributed by atoms with Crippen LogP contribution in [0.4, 0.5) is 4.39 Å². The Morgan fingerprint density at radius 3 is 2.11 bits per heavy atom. The minimum atomic E-state index is -0.895. The summed E-state index contributed by atoms with van der Waals surface area (Å²) < 4.78 is 12.5. The molecule has 0 nitrogen and oxygen atoms in total. The zero-order valence-corrected chi connectivity index (χ0v) is 23.4. The molecule has 0 radical (unpaired) electrons. The molecule has 0 aliphatic heterocycles. The van der Waals surface area contributed by atoms with Crippen LogP contribution in [-0.2, 0) is 0 Å². The molecule has 0 aliphatic rings. The molecule has 0 N–H and O–H groups in total. The topological polar surface area (TPSA) is 0 Å². The van der Waals surface area contributed by atoms with Crippen molar-refractivity contribution in [3.63, 3.8) is 0 Å². The molecule has 0 heterocycles. The van der Waals surface area contributed by atoms with Crippen molar-refractivity contribution >= 4 is 78.6 Å². The van der Waals surface area contributed by atoms with Crippen LogP contribution in [0.3, 0.4) is 0 Å². The van der Waals surface area contributed by atoms with Gasteiger partial charge < -0.3 is 0 Å². The highest BCUT2D eigenvalue weighted by Gasteiger charge is 2.28. The lowest BCUT2D eigenvalue weighted by atomic mass is 10.2. The van der Waals surface area contributed by atoms with E-state index in [2.05, 4.69) is 69.1 Å². The highest BCUT2D eigenvalue weighted by molar-refractivity contribution is 9.48. The first-order valence-corrected chi connectivity index (χ1v) is 18.2. The number of rotatable bonds is 19. The summed E-state index contributed by atoms with van der Waals surface area (Å²) in [7, 11) is 5.59. The molecule has 3 atom stereocenters. The summed E-state index contributed by atoms with van der Waals surface area (Å²) in [6, 6.07) is 0. The van der Waals surface area contributed by atoms with E-state index in [-0.39, 0.29) is 12.1 Å². The van der Waals surface area contributed by atoms with Crippen LogP contribution in [0.15, 0.2) is 0 Å². The fourth-order valence-electron chi connectivity index (χ4n) is 2.20. The predicted molar refractivity (Wildman–Crippen MR) is 142 cm³/mol. The van der Waals surface area contributed by atoms with Gasteiger partial charge in [-0.25, -0.2) is 0 Å². The van der Waals surface area contributed by atoms with Crippen molar-refractivity contribution in [2.75, 3.05) is 35.6 Å². The molecule has 0 bridgehead atoms. The zero-order chi connectivity index (χ0) is 20.5. The highest BCUT2D eigenvalue weighted by Crippen LogP contribution is 2.78. The van der Waals surface area contributed by atoms with Gasteiger partial charge in [-0.3, -0.25) is 4.39 Å². The maximum atomic E-state index is 12.5. The van der Waals surface area contributed by atoms with Crippen LogP contribution in [0.2, 0.25) is 0 Å². The third-order valence-corrected chi connectivity index (χ3v) is 19.6. The molecule has 0 amide bonds. The first-order valence-electron chi connectivity index (χ1n) is 9.99. The Kier molecular flexibility index (Phi) is 20.8. The average molecular weight is 565 g/mol. The fourth-order valence-corrected chi connectivity index (χ4v) is 17.8. The SMILES string of the molecule is CC(C)CSS(CCC(Cl)CC(C)Br)(SCCCCF)SCCCCCCl. The van der Waals surface area contributed by atoms with Crippen LogP contribution in [-0.4, -0.2) is 45.8 Å². The summed E-state index contributed by atoms with van der Waals surface area (Å²) >= 11 is 16.1. The summed E-state index contributed by atoms with van der Waals surface area (Å²) in [5.74, 6) is 6.12. The molecule has 8 heteroatoms. The van der Waals surface area contributed by atoms with E-state index in [1.807, 2.05) is 0 Å². The van der Waals surface area contributed by atoms with Gasteiger partial charge in [0.05, 0.1) is 6.67 Å². The first kappa shape index (κ1) is 29.4. The second-order valence-electron chi connectivity index (χ2n) is 7.13. The van der Waals surface area contributed by atoms with Crippen molar-refractivity contribution in [3.05, 3.63) is 0 Å². The Morgan fingerprint density at radius 1 is 0.963 bits per heavy atom. The Bertz CT molecular complexity index is 341.